The molecule has 0 aliphatic heterocycles. The summed E-state index contributed by atoms with van der Waals surface area (Å²) in [6.07, 6.45) is 0. The zero-order chi connectivity index (χ0) is 13.1. The number of hydrogen-bond acceptors (Lipinski definition) is 2. The molecule has 0 spiro atoms. The third-order valence-electron chi connectivity index (χ3n) is 2.12. The first kappa shape index (κ1) is 13.8. The van der Waals surface area contributed by atoms with Crippen molar-refractivity contribution in [2.24, 2.45) is 0 Å². The highest BCUT2D eigenvalue weighted by molar-refractivity contribution is 6.42. The molecule has 1 aromatic carbocycles. The molecule has 94 valence electrons. The van der Waals surface area contributed by atoms with Crippen LogP contribution in [0.3, 0.4) is 0 Å². The Hall–Kier alpha value is -0.670. The van der Waals surface area contributed by atoms with Crippen molar-refractivity contribution in [2.45, 2.75) is 6.61 Å². The zero-order valence-electron chi connectivity index (χ0n) is 8.96. The Morgan fingerprint density at radius 1 is 1.00 bits per heavy atom. The summed E-state index contributed by atoms with van der Waals surface area (Å²) in [5, 5.41) is 1.40. The van der Waals surface area contributed by atoms with Crippen molar-refractivity contribution in [3.63, 3.8) is 0 Å². The van der Waals surface area contributed by atoms with Gasteiger partial charge in [0.2, 0.25) is 5.88 Å². The SMILES string of the molecule is Clc1cccc(COc2nc(Cl)c(Cl)cc2Cl)c1. The van der Waals surface area contributed by atoms with E-state index in [9.17, 15) is 0 Å². The normalized spacial score (nSPS) is 10.4. The summed E-state index contributed by atoms with van der Waals surface area (Å²) in [5.74, 6) is 0.242. The Kier molecular flexibility index (Phi) is 4.57. The van der Waals surface area contributed by atoms with Gasteiger partial charge in [-0.1, -0.05) is 58.5 Å². The molecule has 1 heterocycles. The third kappa shape index (κ3) is 3.42. The van der Waals surface area contributed by atoms with Crippen LogP contribution in [0.5, 0.6) is 5.88 Å². The van der Waals surface area contributed by atoms with Gasteiger partial charge in [0.05, 0.1) is 5.02 Å². The van der Waals surface area contributed by atoms with E-state index < -0.39 is 0 Å². The van der Waals surface area contributed by atoms with Gasteiger partial charge in [0, 0.05) is 5.02 Å². The molecular formula is C12H7Cl4NO. The molecule has 0 bridgehead atoms. The van der Waals surface area contributed by atoms with Crippen molar-refractivity contribution in [3.8, 4) is 5.88 Å². The third-order valence-corrected chi connectivity index (χ3v) is 3.30. The number of rotatable bonds is 3. The predicted octanol–water partition coefficient (Wildman–Crippen LogP) is 5.27. The van der Waals surface area contributed by atoms with Gasteiger partial charge in [0.15, 0.2) is 5.15 Å². The maximum absolute atomic E-state index is 5.94. The van der Waals surface area contributed by atoms with Crippen LogP contribution in [0.2, 0.25) is 20.2 Å². The van der Waals surface area contributed by atoms with Gasteiger partial charge < -0.3 is 4.74 Å². The topological polar surface area (TPSA) is 22.1 Å². The largest absolute Gasteiger partial charge is 0.472 e. The van der Waals surface area contributed by atoms with E-state index in [1.807, 2.05) is 12.1 Å². The number of hydrogen-bond donors (Lipinski definition) is 0. The smallest absolute Gasteiger partial charge is 0.234 e. The van der Waals surface area contributed by atoms with Crippen LogP contribution in [0.1, 0.15) is 5.56 Å². The molecule has 18 heavy (non-hydrogen) atoms. The van der Waals surface area contributed by atoms with E-state index in [1.165, 1.54) is 6.07 Å². The lowest BCUT2D eigenvalue weighted by Gasteiger charge is -2.08. The maximum Gasteiger partial charge on any atom is 0.234 e. The van der Waals surface area contributed by atoms with Gasteiger partial charge in [-0.15, -0.1) is 0 Å². The molecule has 0 saturated heterocycles. The van der Waals surface area contributed by atoms with Crippen molar-refractivity contribution in [1.29, 1.82) is 0 Å². The van der Waals surface area contributed by atoms with E-state index in [2.05, 4.69) is 4.98 Å². The van der Waals surface area contributed by atoms with E-state index in [4.69, 9.17) is 51.1 Å². The van der Waals surface area contributed by atoms with Gasteiger partial charge in [-0.3, -0.25) is 0 Å². The Morgan fingerprint density at radius 2 is 1.78 bits per heavy atom. The van der Waals surface area contributed by atoms with Crippen molar-refractivity contribution in [1.82, 2.24) is 4.98 Å². The van der Waals surface area contributed by atoms with Crippen molar-refractivity contribution in [3.05, 3.63) is 56.1 Å². The molecule has 0 N–H and O–H groups in total. The second kappa shape index (κ2) is 5.98. The second-order valence-electron chi connectivity index (χ2n) is 3.47. The van der Waals surface area contributed by atoms with E-state index in [-0.39, 0.29) is 16.1 Å². The fourth-order valence-corrected chi connectivity index (χ4v) is 2.07. The molecule has 0 aliphatic rings. The molecule has 0 atom stereocenters. The molecule has 6 heteroatoms. The fourth-order valence-electron chi connectivity index (χ4n) is 1.31. The lowest BCUT2D eigenvalue weighted by Crippen LogP contribution is -1.98. The summed E-state index contributed by atoms with van der Waals surface area (Å²) in [5.41, 5.74) is 0.909. The maximum atomic E-state index is 5.94. The molecular weight excluding hydrogens is 316 g/mol. The zero-order valence-corrected chi connectivity index (χ0v) is 12.0. The van der Waals surface area contributed by atoms with Crippen LogP contribution in [-0.4, -0.2) is 4.98 Å². The number of halogens is 4. The van der Waals surface area contributed by atoms with Gasteiger partial charge in [-0.2, -0.15) is 4.98 Å². The molecule has 0 radical (unpaired) electrons. The van der Waals surface area contributed by atoms with Crippen LogP contribution in [0.25, 0.3) is 0 Å². The van der Waals surface area contributed by atoms with Crippen LogP contribution in [0, 0.1) is 0 Å². The van der Waals surface area contributed by atoms with Gasteiger partial charge >= 0.3 is 0 Å². The van der Waals surface area contributed by atoms with Gasteiger partial charge in [-0.05, 0) is 23.8 Å². The highest BCUT2D eigenvalue weighted by atomic mass is 35.5. The summed E-state index contributed by atoms with van der Waals surface area (Å²) in [7, 11) is 0. The minimum Gasteiger partial charge on any atom is -0.472 e. The van der Waals surface area contributed by atoms with Gasteiger partial charge in [0.25, 0.3) is 0 Å². The molecule has 0 saturated carbocycles. The minimum atomic E-state index is 0.155. The Labute approximate surface area is 124 Å². The fraction of sp³-hybridized carbons (Fsp3) is 0.0833. The molecule has 0 aliphatic carbocycles. The van der Waals surface area contributed by atoms with Gasteiger partial charge in [-0.25, -0.2) is 0 Å². The number of benzene rings is 1. The van der Waals surface area contributed by atoms with E-state index in [0.29, 0.717) is 16.7 Å². The quantitative estimate of drug-likeness (QED) is 0.718. The first-order chi connectivity index (χ1) is 8.56. The molecule has 1 aromatic heterocycles. The Morgan fingerprint density at radius 3 is 2.50 bits per heavy atom. The monoisotopic (exact) mass is 321 g/mol. The number of nitrogens with zero attached hydrogens (tertiary/aromatic N) is 1. The molecule has 2 rings (SSSR count). The number of ether oxygens (including phenoxy) is 1. The number of aromatic nitrogens is 1. The van der Waals surface area contributed by atoms with Crippen LogP contribution < -0.4 is 4.74 Å². The summed E-state index contributed by atoms with van der Waals surface area (Å²) in [6.45, 7) is 0.297. The minimum absolute atomic E-state index is 0.155. The van der Waals surface area contributed by atoms with Crippen LogP contribution in [0.15, 0.2) is 30.3 Å². The van der Waals surface area contributed by atoms with Crippen LogP contribution in [-0.2, 0) is 6.61 Å². The summed E-state index contributed by atoms with van der Waals surface area (Å²) < 4.78 is 5.47. The summed E-state index contributed by atoms with van der Waals surface area (Å²) in [4.78, 5) is 3.96. The highest BCUT2D eigenvalue weighted by Gasteiger charge is 2.09. The van der Waals surface area contributed by atoms with E-state index in [1.54, 1.807) is 12.1 Å². The standard InChI is InChI=1S/C12H7Cl4NO/c13-8-3-1-2-7(4-8)6-18-12-10(15)5-9(14)11(16)17-12/h1-5H,6H2. The first-order valence-electron chi connectivity index (χ1n) is 4.95. The van der Waals surface area contributed by atoms with Crippen molar-refractivity contribution >= 4 is 46.4 Å². The average Bonchev–Trinajstić information content (AvgIpc) is 2.32. The first-order valence-corrected chi connectivity index (χ1v) is 6.46. The van der Waals surface area contributed by atoms with Crippen LogP contribution in [0.4, 0.5) is 0 Å². The molecule has 2 aromatic rings. The number of pyridine rings is 1. The molecule has 0 unspecified atom stereocenters. The van der Waals surface area contributed by atoms with E-state index >= 15 is 0 Å². The lowest BCUT2D eigenvalue weighted by atomic mass is 10.2. The Bertz CT molecular complexity index is 574. The van der Waals surface area contributed by atoms with Crippen molar-refractivity contribution < 1.29 is 4.74 Å². The average molecular weight is 323 g/mol. The molecule has 0 fully saturated rings. The molecule has 0 amide bonds. The van der Waals surface area contributed by atoms with Gasteiger partial charge in [0.1, 0.15) is 11.6 Å². The lowest BCUT2D eigenvalue weighted by molar-refractivity contribution is 0.294. The highest BCUT2D eigenvalue weighted by Crippen LogP contribution is 2.30. The molecule has 2 nitrogen and oxygen atoms in total. The van der Waals surface area contributed by atoms with E-state index in [0.717, 1.165) is 5.56 Å². The predicted molar refractivity (Wildman–Crippen MR) is 75.1 cm³/mol. The van der Waals surface area contributed by atoms with Crippen LogP contribution >= 0.6 is 46.4 Å². The Balaban J connectivity index is 2.13. The second-order valence-corrected chi connectivity index (χ2v) is 5.08. The van der Waals surface area contributed by atoms with Crippen molar-refractivity contribution in [2.75, 3.05) is 0 Å². The summed E-state index contributed by atoms with van der Waals surface area (Å²) >= 11 is 23.4. The summed E-state index contributed by atoms with van der Waals surface area (Å²) in [6, 6.07) is 8.80.